The molecule has 0 aliphatic carbocycles. The van der Waals surface area contributed by atoms with Gasteiger partial charge in [0.1, 0.15) is 0 Å². The van der Waals surface area contributed by atoms with Crippen LogP contribution in [0.2, 0.25) is 0 Å². The topological polar surface area (TPSA) is 51.6 Å². The standard InChI is InChI=1S/C44H36N4/c1-4-12-36-25-37(24-19-31(36)5-2)40-26-39(33-22-20-32(21-23-33)38-18-17-30(3)45-29-38)27-41(28-40)44-47-42(34-13-8-6-9-14-34)46-43(48-44)35-15-10-7-11-16-35/h4,6-29H,5H2,1-3H3/b12-4-. The smallest absolute Gasteiger partial charge is 0.164 e. The predicted molar refractivity (Wildman–Crippen MR) is 199 cm³/mol. The van der Waals surface area contributed by atoms with Crippen LogP contribution in [0.3, 0.4) is 0 Å². The molecule has 0 radical (unpaired) electrons. The number of benzene rings is 5. The van der Waals surface area contributed by atoms with E-state index >= 15 is 0 Å². The van der Waals surface area contributed by atoms with Crippen molar-refractivity contribution in [2.75, 3.05) is 0 Å². The summed E-state index contributed by atoms with van der Waals surface area (Å²) in [5, 5.41) is 0. The summed E-state index contributed by atoms with van der Waals surface area (Å²) in [5.41, 5.74) is 13.1. The first-order valence-electron chi connectivity index (χ1n) is 16.4. The van der Waals surface area contributed by atoms with Crippen molar-refractivity contribution < 1.29 is 0 Å². The summed E-state index contributed by atoms with van der Waals surface area (Å²) in [6.45, 7) is 6.27. The van der Waals surface area contributed by atoms with E-state index in [1.807, 2.05) is 79.9 Å². The van der Waals surface area contributed by atoms with Gasteiger partial charge in [-0.2, -0.15) is 0 Å². The Morgan fingerprint density at radius 2 is 0.979 bits per heavy atom. The lowest BCUT2D eigenvalue weighted by atomic mass is 9.92. The van der Waals surface area contributed by atoms with E-state index in [1.54, 1.807) is 0 Å². The SMILES string of the molecule is C/C=C\c1cc(-c2cc(-c3ccc(-c4ccc(C)nc4)cc3)cc(-c3nc(-c4ccccc4)nc(-c4ccccc4)n3)c2)ccc1CC. The van der Waals surface area contributed by atoms with E-state index in [-0.39, 0.29) is 0 Å². The van der Waals surface area contributed by atoms with Crippen molar-refractivity contribution in [2.45, 2.75) is 27.2 Å². The fourth-order valence-electron chi connectivity index (χ4n) is 5.95. The molecule has 5 aromatic carbocycles. The Bertz CT molecular complexity index is 2150. The molecule has 232 valence electrons. The predicted octanol–water partition coefficient (Wildman–Crippen LogP) is 11.2. The van der Waals surface area contributed by atoms with E-state index in [0.717, 1.165) is 62.2 Å². The van der Waals surface area contributed by atoms with Crippen LogP contribution in [0, 0.1) is 6.92 Å². The van der Waals surface area contributed by atoms with Crippen LogP contribution in [0.5, 0.6) is 0 Å². The number of allylic oxidation sites excluding steroid dienone is 1. The van der Waals surface area contributed by atoms with E-state index in [1.165, 1.54) is 11.1 Å². The number of nitrogens with zero attached hydrogens (tertiary/aromatic N) is 4. The Kier molecular flexibility index (Phi) is 8.80. The number of aryl methyl sites for hydroxylation is 2. The molecule has 0 atom stereocenters. The molecule has 4 nitrogen and oxygen atoms in total. The number of rotatable bonds is 8. The fraction of sp³-hybridized carbons (Fsp3) is 0.0909. The van der Waals surface area contributed by atoms with Crippen LogP contribution in [0.15, 0.2) is 146 Å². The van der Waals surface area contributed by atoms with Crippen molar-refractivity contribution in [1.29, 1.82) is 0 Å². The van der Waals surface area contributed by atoms with E-state index in [0.29, 0.717) is 17.5 Å². The van der Waals surface area contributed by atoms with Crippen LogP contribution < -0.4 is 0 Å². The number of aromatic nitrogens is 4. The summed E-state index contributed by atoms with van der Waals surface area (Å²) in [6, 6.07) is 46.5. The molecule has 0 unspecified atom stereocenters. The van der Waals surface area contributed by atoms with Gasteiger partial charge in [0.25, 0.3) is 0 Å². The summed E-state index contributed by atoms with van der Waals surface area (Å²) < 4.78 is 0. The quantitative estimate of drug-likeness (QED) is 0.170. The fourth-order valence-corrected chi connectivity index (χ4v) is 5.95. The van der Waals surface area contributed by atoms with Gasteiger partial charge in [-0.3, -0.25) is 4.98 Å². The van der Waals surface area contributed by atoms with Crippen LogP contribution in [0.4, 0.5) is 0 Å². The molecule has 0 fully saturated rings. The van der Waals surface area contributed by atoms with Gasteiger partial charge in [-0.1, -0.05) is 122 Å². The molecule has 0 amide bonds. The number of hydrogen-bond acceptors (Lipinski definition) is 4. The Hall–Kier alpha value is -6.00. The monoisotopic (exact) mass is 620 g/mol. The van der Waals surface area contributed by atoms with Crippen molar-refractivity contribution in [1.82, 2.24) is 19.9 Å². The van der Waals surface area contributed by atoms with E-state index in [2.05, 4.69) is 97.7 Å². The highest BCUT2D eigenvalue weighted by molar-refractivity contribution is 5.82. The third-order valence-electron chi connectivity index (χ3n) is 8.56. The maximum Gasteiger partial charge on any atom is 0.164 e. The van der Waals surface area contributed by atoms with Gasteiger partial charge in [-0.05, 0) is 89.5 Å². The first kappa shape index (κ1) is 30.6. The highest BCUT2D eigenvalue weighted by Crippen LogP contribution is 2.35. The molecular formula is C44H36N4. The summed E-state index contributed by atoms with van der Waals surface area (Å²) in [5.74, 6) is 1.92. The second-order valence-electron chi connectivity index (χ2n) is 11.9. The van der Waals surface area contributed by atoms with Gasteiger partial charge >= 0.3 is 0 Å². The molecule has 0 aliphatic heterocycles. The minimum absolute atomic E-state index is 0.631. The average Bonchev–Trinajstić information content (AvgIpc) is 3.15. The van der Waals surface area contributed by atoms with Crippen molar-refractivity contribution >= 4 is 6.08 Å². The maximum absolute atomic E-state index is 5.06. The van der Waals surface area contributed by atoms with Gasteiger partial charge in [0.2, 0.25) is 0 Å². The second-order valence-corrected chi connectivity index (χ2v) is 11.9. The Morgan fingerprint density at radius 1 is 0.479 bits per heavy atom. The highest BCUT2D eigenvalue weighted by atomic mass is 15.0. The lowest BCUT2D eigenvalue weighted by molar-refractivity contribution is 1.07. The summed E-state index contributed by atoms with van der Waals surface area (Å²) in [6.07, 6.45) is 7.20. The van der Waals surface area contributed by atoms with Crippen molar-refractivity contribution in [3.05, 3.63) is 163 Å². The average molecular weight is 621 g/mol. The lowest BCUT2D eigenvalue weighted by Gasteiger charge is -2.14. The van der Waals surface area contributed by atoms with Crippen molar-refractivity contribution in [3.63, 3.8) is 0 Å². The molecule has 0 saturated heterocycles. The van der Waals surface area contributed by atoms with Gasteiger partial charge in [0.15, 0.2) is 17.5 Å². The highest BCUT2D eigenvalue weighted by Gasteiger charge is 2.15. The molecule has 7 aromatic rings. The third kappa shape index (κ3) is 6.60. The minimum atomic E-state index is 0.631. The van der Waals surface area contributed by atoms with Gasteiger partial charge in [-0.15, -0.1) is 0 Å². The Balaban J connectivity index is 1.41. The second kappa shape index (κ2) is 13.8. The van der Waals surface area contributed by atoms with Crippen LogP contribution in [0.1, 0.15) is 30.7 Å². The summed E-state index contributed by atoms with van der Waals surface area (Å²) in [4.78, 5) is 19.5. The Labute approximate surface area is 282 Å². The summed E-state index contributed by atoms with van der Waals surface area (Å²) in [7, 11) is 0. The van der Waals surface area contributed by atoms with Gasteiger partial charge < -0.3 is 0 Å². The van der Waals surface area contributed by atoms with Gasteiger partial charge in [0.05, 0.1) is 0 Å². The Morgan fingerprint density at radius 3 is 1.52 bits per heavy atom. The zero-order valence-electron chi connectivity index (χ0n) is 27.4. The van der Waals surface area contributed by atoms with Crippen LogP contribution in [-0.2, 0) is 6.42 Å². The maximum atomic E-state index is 5.06. The van der Waals surface area contributed by atoms with Crippen molar-refractivity contribution in [3.8, 4) is 67.5 Å². The largest absolute Gasteiger partial charge is 0.261 e. The molecule has 4 heteroatoms. The van der Waals surface area contributed by atoms with Gasteiger partial charge in [0, 0.05) is 34.1 Å². The van der Waals surface area contributed by atoms with E-state index < -0.39 is 0 Å². The van der Waals surface area contributed by atoms with Gasteiger partial charge in [-0.25, -0.2) is 15.0 Å². The lowest BCUT2D eigenvalue weighted by Crippen LogP contribution is -2.00. The van der Waals surface area contributed by atoms with Crippen LogP contribution in [0.25, 0.3) is 73.6 Å². The molecular weight excluding hydrogens is 585 g/mol. The number of hydrogen-bond donors (Lipinski definition) is 0. The third-order valence-corrected chi connectivity index (χ3v) is 8.56. The molecule has 2 aromatic heterocycles. The molecule has 0 aliphatic rings. The molecule has 7 rings (SSSR count). The molecule has 48 heavy (non-hydrogen) atoms. The zero-order valence-corrected chi connectivity index (χ0v) is 27.4. The molecule has 0 saturated carbocycles. The molecule has 2 heterocycles. The minimum Gasteiger partial charge on any atom is -0.261 e. The summed E-state index contributed by atoms with van der Waals surface area (Å²) >= 11 is 0. The van der Waals surface area contributed by atoms with E-state index in [4.69, 9.17) is 15.0 Å². The zero-order chi connectivity index (χ0) is 32.9. The van der Waals surface area contributed by atoms with Crippen LogP contribution >= 0.6 is 0 Å². The molecule has 0 bridgehead atoms. The van der Waals surface area contributed by atoms with E-state index in [9.17, 15) is 0 Å². The number of pyridine rings is 1. The molecule has 0 N–H and O–H groups in total. The first-order chi connectivity index (χ1) is 23.6. The van der Waals surface area contributed by atoms with Crippen molar-refractivity contribution in [2.24, 2.45) is 0 Å². The molecule has 0 spiro atoms. The first-order valence-corrected chi connectivity index (χ1v) is 16.4. The normalized spacial score (nSPS) is 11.2. The van der Waals surface area contributed by atoms with Crippen LogP contribution in [-0.4, -0.2) is 19.9 Å².